The monoisotopic (exact) mass is 1090 g/mol. The molecule has 1 amide bonds. The van der Waals surface area contributed by atoms with Crippen molar-refractivity contribution in [3.8, 4) is 0 Å². The van der Waals surface area contributed by atoms with Gasteiger partial charge in [0.2, 0.25) is 5.91 Å². The van der Waals surface area contributed by atoms with Crippen molar-refractivity contribution in [3.63, 3.8) is 0 Å². The van der Waals surface area contributed by atoms with Crippen LogP contribution in [0.1, 0.15) is 162 Å². The molecule has 17 unspecified atom stereocenters. The van der Waals surface area contributed by atoms with Gasteiger partial charge in [0.05, 0.1) is 38.6 Å². The molecule has 3 fully saturated rings. The van der Waals surface area contributed by atoms with Gasteiger partial charge in [0.25, 0.3) is 0 Å². The lowest BCUT2D eigenvalue weighted by Crippen LogP contribution is -2.66. The fourth-order valence-electron chi connectivity index (χ4n) is 9.34. The average molecular weight is 1090 g/mol. The SMILES string of the molecule is CC/C=C\C/C=C\C/C=C\CCCCCC(=O)NC(COC1OC(CO)C(OC2OC(CO)C(OC3OC(CO)C(O)C(O)C3O)C(O)C2O)C(O)C1O)C(O)/C=C/CC/C=C/CCCCCCCCCCCCCC. The van der Waals surface area contributed by atoms with E-state index < -0.39 is 124 Å². The predicted octanol–water partition coefficient (Wildman–Crippen LogP) is 4.09. The largest absolute Gasteiger partial charge is 0.394 e. The first-order valence-corrected chi connectivity index (χ1v) is 28.5. The molecule has 0 saturated carbocycles. The Labute approximate surface area is 452 Å². The van der Waals surface area contributed by atoms with Gasteiger partial charge in [0, 0.05) is 6.42 Å². The standard InChI is InChI=1S/C57H99NO18/c1-3-5-7-9-11-13-15-17-18-19-20-21-23-24-26-28-30-32-34-41(62)40(58-45(63)35-33-31-29-27-25-22-16-14-12-10-8-6-4-2)39-71-55-51(69)48(66)53(43(37-60)73-55)76-57-52(70)49(67)54(44(38-61)74-57)75-56-50(68)47(65)46(64)42(36-59)72-56/h6,8,12,14,22,24-26,32,34,40-44,46-57,59-62,64-70H,3-5,7,9-11,13,15-21,23,27-31,33,35-39H2,1-2H3,(H,58,63)/b8-6-,14-12-,25-22-,26-24+,34-32+. The highest BCUT2D eigenvalue weighted by Gasteiger charge is 2.53. The van der Waals surface area contributed by atoms with E-state index in [2.05, 4.69) is 67.8 Å². The van der Waals surface area contributed by atoms with Crippen LogP contribution in [-0.2, 0) is 33.2 Å². The van der Waals surface area contributed by atoms with E-state index in [1.807, 2.05) is 6.08 Å². The van der Waals surface area contributed by atoms with Crippen molar-refractivity contribution in [1.82, 2.24) is 5.32 Å². The van der Waals surface area contributed by atoms with Crippen molar-refractivity contribution in [2.24, 2.45) is 0 Å². The van der Waals surface area contributed by atoms with Gasteiger partial charge in [-0.15, -0.1) is 0 Å². The zero-order valence-electron chi connectivity index (χ0n) is 45.5. The molecule has 3 heterocycles. The lowest BCUT2D eigenvalue weighted by molar-refractivity contribution is -0.379. The van der Waals surface area contributed by atoms with Crippen LogP contribution in [0.5, 0.6) is 0 Å². The summed E-state index contributed by atoms with van der Waals surface area (Å²) in [6, 6.07) is -1.01. The summed E-state index contributed by atoms with van der Waals surface area (Å²) in [4.78, 5) is 13.3. The van der Waals surface area contributed by atoms with Gasteiger partial charge in [-0.2, -0.15) is 0 Å². The molecular weight excluding hydrogens is 987 g/mol. The highest BCUT2D eigenvalue weighted by Crippen LogP contribution is 2.33. The summed E-state index contributed by atoms with van der Waals surface area (Å²) in [6.45, 7) is 1.53. The Morgan fingerprint density at radius 1 is 0.487 bits per heavy atom. The number of rotatable bonds is 40. The minimum atomic E-state index is -1.98. The van der Waals surface area contributed by atoms with Crippen LogP contribution in [0.2, 0.25) is 0 Å². The van der Waals surface area contributed by atoms with E-state index >= 15 is 0 Å². The van der Waals surface area contributed by atoms with E-state index in [-0.39, 0.29) is 18.9 Å². The number of hydrogen-bond donors (Lipinski definition) is 12. The quantitative estimate of drug-likeness (QED) is 0.0304. The zero-order valence-corrected chi connectivity index (χ0v) is 45.5. The summed E-state index contributed by atoms with van der Waals surface area (Å²) in [5, 5.41) is 120. The van der Waals surface area contributed by atoms with Crippen LogP contribution >= 0.6 is 0 Å². The molecule has 0 aliphatic carbocycles. The van der Waals surface area contributed by atoms with Crippen molar-refractivity contribution < 1.29 is 89.4 Å². The molecular formula is C57H99NO18. The Balaban J connectivity index is 1.55. The molecule has 19 heteroatoms. The van der Waals surface area contributed by atoms with Gasteiger partial charge in [-0.05, 0) is 64.2 Å². The number of unbranched alkanes of at least 4 members (excludes halogenated alkanes) is 16. The van der Waals surface area contributed by atoms with Gasteiger partial charge in [-0.3, -0.25) is 4.79 Å². The van der Waals surface area contributed by atoms with Crippen LogP contribution in [0.3, 0.4) is 0 Å². The second kappa shape index (κ2) is 40.6. The number of hydrogen-bond acceptors (Lipinski definition) is 18. The molecule has 19 nitrogen and oxygen atoms in total. The minimum absolute atomic E-state index is 0.197. The maximum absolute atomic E-state index is 13.3. The molecule has 17 atom stereocenters. The first-order valence-electron chi connectivity index (χ1n) is 28.5. The maximum Gasteiger partial charge on any atom is 0.220 e. The van der Waals surface area contributed by atoms with Crippen molar-refractivity contribution in [3.05, 3.63) is 60.8 Å². The van der Waals surface area contributed by atoms with E-state index in [0.717, 1.165) is 57.8 Å². The Morgan fingerprint density at radius 2 is 0.921 bits per heavy atom. The highest BCUT2D eigenvalue weighted by atomic mass is 16.8. The first kappa shape index (κ1) is 67.8. The Kier molecular flexibility index (Phi) is 36.2. The summed E-state index contributed by atoms with van der Waals surface area (Å²) in [5.41, 5.74) is 0. The second-order valence-corrected chi connectivity index (χ2v) is 20.4. The number of allylic oxidation sites excluding steroid dienone is 9. The summed E-state index contributed by atoms with van der Waals surface area (Å²) < 4.78 is 34.1. The van der Waals surface area contributed by atoms with E-state index in [1.165, 1.54) is 70.6 Å². The van der Waals surface area contributed by atoms with Gasteiger partial charge in [0.1, 0.15) is 73.2 Å². The number of carbonyl (C=O) groups excluding carboxylic acids is 1. The van der Waals surface area contributed by atoms with E-state index in [4.69, 9.17) is 28.4 Å². The molecule has 3 aliphatic rings. The Morgan fingerprint density at radius 3 is 1.47 bits per heavy atom. The lowest BCUT2D eigenvalue weighted by atomic mass is 9.96. The topological polar surface area (TPSA) is 307 Å². The van der Waals surface area contributed by atoms with Crippen LogP contribution in [0, 0.1) is 0 Å². The number of ether oxygens (including phenoxy) is 6. The average Bonchev–Trinajstić information content (AvgIpc) is 3.41. The Hall–Kier alpha value is -2.51. The molecule has 0 aromatic heterocycles. The molecule has 440 valence electrons. The molecule has 0 radical (unpaired) electrons. The number of nitrogens with one attached hydrogen (secondary N) is 1. The van der Waals surface area contributed by atoms with Crippen molar-refractivity contribution in [1.29, 1.82) is 0 Å². The fraction of sp³-hybridized carbons (Fsp3) is 0.807. The Bertz CT molecular complexity index is 1630. The van der Waals surface area contributed by atoms with Crippen LogP contribution in [0.25, 0.3) is 0 Å². The van der Waals surface area contributed by atoms with Gasteiger partial charge in [-0.25, -0.2) is 0 Å². The molecule has 0 aromatic carbocycles. The van der Waals surface area contributed by atoms with Crippen LogP contribution in [0.15, 0.2) is 60.8 Å². The molecule has 3 aliphatic heterocycles. The summed E-state index contributed by atoms with van der Waals surface area (Å²) in [7, 11) is 0. The fourth-order valence-corrected chi connectivity index (χ4v) is 9.34. The highest BCUT2D eigenvalue weighted by molar-refractivity contribution is 5.76. The zero-order chi connectivity index (χ0) is 55.5. The molecule has 3 rings (SSSR count). The summed E-state index contributed by atoms with van der Waals surface area (Å²) in [6.07, 6.45) is 17.9. The minimum Gasteiger partial charge on any atom is -0.394 e. The maximum atomic E-state index is 13.3. The third kappa shape index (κ3) is 24.9. The number of carbonyl (C=O) groups is 1. The molecule has 76 heavy (non-hydrogen) atoms. The van der Waals surface area contributed by atoms with E-state index in [1.54, 1.807) is 6.08 Å². The van der Waals surface area contributed by atoms with E-state index in [0.29, 0.717) is 12.8 Å². The normalized spacial score (nSPS) is 31.4. The van der Waals surface area contributed by atoms with Gasteiger partial charge < -0.3 is 89.9 Å². The molecule has 0 spiro atoms. The van der Waals surface area contributed by atoms with Crippen LogP contribution < -0.4 is 5.32 Å². The molecule has 12 N–H and O–H groups in total. The molecule has 3 saturated heterocycles. The van der Waals surface area contributed by atoms with Crippen molar-refractivity contribution in [2.75, 3.05) is 26.4 Å². The third-order valence-corrected chi connectivity index (χ3v) is 14.0. The van der Waals surface area contributed by atoms with Gasteiger partial charge in [-0.1, -0.05) is 152 Å². The molecule has 0 aromatic rings. The summed E-state index contributed by atoms with van der Waals surface area (Å²) in [5.74, 6) is -0.318. The predicted molar refractivity (Wildman–Crippen MR) is 286 cm³/mol. The van der Waals surface area contributed by atoms with Crippen LogP contribution in [0.4, 0.5) is 0 Å². The third-order valence-electron chi connectivity index (χ3n) is 14.0. The number of amides is 1. The summed E-state index contributed by atoms with van der Waals surface area (Å²) >= 11 is 0. The second-order valence-electron chi connectivity index (χ2n) is 20.4. The first-order chi connectivity index (χ1) is 36.8. The number of aliphatic hydroxyl groups excluding tert-OH is 11. The van der Waals surface area contributed by atoms with Crippen LogP contribution in [-0.4, -0.2) is 193 Å². The molecule has 0 bridgehead atoms. The number of aliphatic hydroxyl groups is 11. The van der Waals surface area contributed by atoms with Gasteiger partial charge in [0.15, 0.2) is 18.9 Å². The van der Waals surface area contributed by atoms with Gasteiger partial charge >= 0.3 is 0 Å². The van der Waals surface area contributed by atoms with Crippen molar-refractivity contribution in [2.45, 2.75) is 266 Å². The smallest absolute Gasteiger partial charge is 0.220 e. The lowest BCUT2D eigenvalue weighted by Gasteiger charge is -2.48. The van der Waals surface area contributed by atoms with Crippen molar-refractivity contribution >= 4 is 5.91 Å². The van der Waals surface area contributed by atoms with E-state index in [9.17, 15) is 61.0 Å².